The van der Waals surface area contributed by atoms with E-state index in [2.05, 4.69) is 31.4 Å². The van der Waals surface area contributed by atoms with Gasteiger partial charge in [0.25, 0.3) is 5.91 Å². The number of halogens is 3. The number of nitrogens with zero attached hydrogens (tertiary/aromatic N) is 2. The predicted octanol–water partition coefficient (Wildman–Crippen LogP) is 4.93. The van der Waals surface area contributed by atoms with Gasteiger partial charge in [-0.2, -0.15) is 5.10 Å². The third-order valence-corrected chi connectivity index (χ3v) is 4.77. The van der Waals surface area contributed by atoms with Gasteiger partial charge in [-0.3, -0.25) is 14.5 Å². The van der Waals surface area contributed by atoms with Crippen molar-refractivity contribution >= 4 is 57.3 Å². The Morgan fingerprint density at radius 3 is 2.68 bits per heavy atom. The Kier molecular flexibility index (Phi) is 5.58. The maximum atomic E-state index is 12.4. The van der Waals surface area contributed by atoms with Crippen LogP contribution in [0.1, 0.15) is 16.2 Å². The molecule has 0 saturated carbocycles. The molecule has 0 saturated heterocycles. The summed E-state index contributed by atoms with van der Waals surface area (Å²) in [5, 5.41) is 10.5. The highest BCUT2D eigenvalue weighted by Crippen LogP contribution is 2.21. The third-order valence-electron chi connectivity index (χ3n) is 3.41. The minimum Gasteiger partial charge on any atom is -0.345 e. The Morgan fingerprint density at radius 1 is 1.24 bits per heavy atom. The lowest BCUT2D eigenvalue weighted by molar-refractivity contribution is 0.0950. The normalized spacial score (nSPS) is 10.7. The molecular formula is C16H11BrCl2N4OS. The van der Waals surface area contributed by atoms with E-state index >= 15 is 0 Å². The lowest BCUT2D eigenvalue weighted by Crippen LogP contribution is -2.25. The van der Waals surface area contributed by atoms with Crippen LogP contribution in [0.3, 0.4) is 0 Å². The molecule has 5 nitrogen and oxygen atoms in total. The summed E-state index contributed by atoms with van der Waals surface area (Å²) in [5.74, 6) is 0.225. The summed E-state index contributed by atoms with van der Waals surface area (Å²) in [5.41, 5.74) is 1.14. The first-order valence-electron chi connectivity index (χ1n) is 7.11. The van der Waals surface area contributed by atoms with Gasteiger partial charge in [-0.05, 0) is 54.7 Å². The molecule has 0 radical (unpaired) electrons. The number of nitrogens with one attached hydrogen (secondary N) is 2. The van der Waals surface area contributed by atoms with Crippen LogP contribution in [-0.4, -0.2) is 20.7 Å². The molecule has 0 aliphatic heterocycles. The third kappa shape index (κ3) is 4.12. The van der Waals surface area contributed by atoms with Crippen LogP contribution in [0.4, 0.5) is 0 Å². The quantitative estimate of drug-likeness (QED) is 0.546. The van der Waals surface area contributed by atoms with Crippen LogP contribution in [0.25, 0.3) is 5.69 Å². The van der Waals surface area contributed by atoms with Crippen LogP contribution in [-0.2, 0) is 6.54 Å². The first-order chi connectivity index (χ1) is 12.0. The second kappa shape index (κ2) is 7.70. The average Bonchev–Trinajstić information content (AvgIpc) is 2.96. The molecule has 0 spiro atoms. The number of amides is 1. The highest BCUT2D eigenvalue weighted by Gasteiger charge is 2.14. The van der Waals surface area contributed by atoms with Crippen molar-refractivity contribution in [2.24, 2.45) is 0 Å². The first-order valence-corrected chi connectivity index (χ1v) is 9.07. The van der Waals surface area contributed by atoms with Crippen molar-refractivity contribution in [1.82, 2.24) is 20.1 Å². The first kappa shape index (κ1) is 18.1. The van der Waals surface area contributed by atoms with Crippen molar-refractivity contribution in [2.75, 3.05) is 0 Å². The molecule has 128 valence electrons. The number of benzene rings is 2. The standard InChI is InChI=1S/C16H11BrCl2N4OS/c17-9-1-4-11(5-2-9)23-14(21-22-16(23)25)8-20-15(24)12-7-10(18)3-6-13(12)19/h1-7H,8H2,(H,20,24)(H,22,25). The van der Waals surface area contributed by atoms with Crippen molar-refractivity contribution < 1.29 is 4.79 Å². The van der Waals surface area contributed by atoms with E-state index in [4.69, 9.17) is 35.4 Å². The van der Waals surface area contributed by atoms with E-state index in [1.807, 2.05) is 24.3 Å². The molecule has 1 heterocycles. The monoisotopic (exact) mass is 456 g/mol. The number of H-pyrrole nitrogens is 1. The van der Waals surface area contributed by atoms with E-state index in [9.17, 15) is 4.79 Å². The number of hydrogen-bond acceptors (Lipinski definition) is 3. The van der Waals surface area contributed by atoms with E-state index in [0.29, 0.717) is 26.2 Å². The number of carbonyl (C=O) groups excluding carboxylic acids is 1. The summed E-state index contributed by atoms with van der Waals surface area (Å²) in [6.07, 6.45) is 0. The van der Waals surface area contributed by atoms with Crippen molar-refractivity contribution in [1.29, 1.82) is 0 Å². The van der Waals surface area contributed by atoms with E-state index in [1.165, 1.54) is 6.07 Å². The molecular weight excluding hydrogens is 447 g/mol. The molecule has 1 aromatic heterocycles. The molecule has 0 unspecified atom stereocenters. The number of aromatic nitrogens is 3. The second-order valence-electron chi connectivity index (χ2n) is 5.06. The molecule has 2 N–H and O–H groups in total. The van der Waals surface area contributed by atoms with E-state index in [0.717, 1.165) is 10.2 Å². The number of carbonyl (C=O) groups is 1. The molecule has 9 heteroatoms. The van der Waals surface area contributed by atoms with Crippen molar-refractivity contribution in [3.05, 3.63) is 73.1 Å². The smallest absolute Gasteiger partial charge is 0.253 e. The summed E-state index contributed by atoms with van der Waals surface area (Å²) in [6.45, 7) is 0.172. The summed E-state index contributed by atoms with van der Waals surface area (Å²) in [4.78, 5) is 12.4. The summed E-state index contributed by atoms with van der Waals surface area (Å²) >= 11 is 20.6. The molecule has 0 fully saturated rings. The number of hydrogen-bond donors (Lipinski definition) is 2. The molecule has 3 rings (SSSR count). The molecule has 0 aliphatic carbocycles. The number of aromatic amines is 1. The minimum atomic E-state index is -0.344. The van der Waals surface area contributed by atoms with Crippen LogP contribution in [0, 0.1) is 4.77 Å². The largest absolute Gasteiger partial charge is 0.345 e. The van der Waals surface area contributed by atoms with Gasteiger partial charge in [-0.15, -0.1) is 0 Å². The van der Waals surface area contributed by atoms with Crippen LogP contribution in [0.2, 0.25) is 10.0 Å². The van der Waals surface area contributed by atoms with E-state index < -0.39 is 0 Å². The van der Waals surface area contributed by atoms with Gasteiger partial charge in [-0.25, -0.2) is 0 Å². The van der Waals surface area contributed by atoms with Gasteiger partial charge in [0.05, 0.1) is 17.1 Å². The fourth-order valence-electron chi connectivity index (χ4n) is 2.23. The Morgan fingerprint density at radius 2 is 1.96 bits per heavy atom. The highest BCUT2D eigenvalue weighted by molar-refractivity contribution is 9.10. The highest BCUT2D eigenvalue weighted by atomic mass is 79.9. The van der Waals surface area contributed by atoms with E-state index in [-0.39, 0.29) is 12.5 Å². The van der Waals surface area contributed by atoms with Gasteiger partial charge in [0.2, 0.25) is 0 Å². The Bertz CT molecular complexity index is 985. The van der Waals surface area contributed by atoms with Crippen molar-refractivity contribution in [2.45, 2.75) is 6.54 Å². The summed E-state index contributed by atoms with van der Waals surface area (Å²) < 4.78 is 3.14. The fraction of sp³-hybridized carbons (Fsp3) is 0.0625. The molecule has 25 heavy (non-hydrogen) atoms. The molecule has 0 atom stereocenters. The van der Waals surface area contributed by atoms with E-state index in [1.54, 1.807) is 16.7 Å². The Hall–Kier alpha value is -1.67. The SMILES string of the molecule is O=C(NCc1n[nH]c(=S)n1-c1ccc(Br)cc1)c1cc(Cl)ccc1Cl. The minimum absolute atomic E-state index is 0.172. The summed E-state index contributed by atoms with van der Waals surface area (Å²) in [7, 11) is 0. The van der Waals surface area contributed by atoms with Gasteiger partial charge >= 0.3 is 0 Å². The lowest BCUT2D eigenvalue weighted by Gasteiger charge is -2.09. The lowest BCUT2D eigenvalue weighted by atomic mass is 10.2. The van der Waals surface area contributed by atoms with Crippen LogP contribution >= 0.6 is 51.3 Å². The van der Waals surface area contributed by atoms with Gasteiger partial charge < -0.3 is 5.32 Å². The molecule has 2 aromatic carbocycles. The maximum absolute atomic E-state index is 12.4. The zero-order valence-electron chi connectivity index (χ0n) is 12.6. The van der Waals surface area contributed by atoms with Gasteiger partial charge in [0.15, 0.2) is 10.6 Å². The zero-order valence-corrected chi connectivity index (χ0v) is 16.5. The van der Waals surface area contributed by atoms with Crippen molar-refractivity contribution in [3.63, 3.8) is 0 Å². The topological polar surface area (TPSA) is 62.7 Å². The molecule has 1 amide bonds. The van der Waals surface area contributed by atoms with Crippen LogP contribution in [0.5, 0.6) is 0 Å². The fourth-order valence-corrected chi connectivity index (χ4v) is 3.13. The average molecular weight is 458 g/mol. The van der Waals surface area contributed by atoms with Crippen molar-refractivity contribution in [3.8, 4) is 5.69 Å². The Balaban J connectivity index is 1.83. The van der Waals surface area contributed by atoms with Crippen LogP contribution in [0.15, 0.2) is 46.9 Å². The maximum Gasteiger partial charge on any atom is 0.253 e. The molecule has 3 aromatic rings. The molecule has 0 bridgehead atoms. The molecule has 0 aliphatic rings. The number of rotatable bonds is 4. The van der Waals surface area contributed by atoms with Crippen LogP contribution < -0.4 is 5.32 Å². The Labute approximate surface area is 167 Å². The second-order valence-corrected chi connectivity index (χ2v) is 7.21. The predicted molar refractivity (Wildman–Crippen MR) is 104 cm³/mol. The van der Waals surface area contributed by atoms with Gasteiger partial charge in [0.1, 0.15) is 0 Å². The summed E-state index contributed by atoms with van der Waals surface area (Å²) in [6, 6.07) is 12.3. The van der Waals surface area contributed by atoms with Gasteiger partial charge in [0, 0.05) is 15.2 Å². The zero-order chi connectivity index (χ0) is 18.0. The van der Waals surface area contributed by atoms with Gasteiger partial charge in [-0.1, -0.05) is 39.1 Å².